The van der Waals surface area contributed by atoms with Crippen molar-refractivity contribution in [1.82, 2.24) is 30.0 Å². The van der Waals surface area contributed by atoms with E-state index >= 15 is 0 Å². The van der Waals surface area contributed by atoms with Gasteiger partial charge in [-0.15, -0.1) is 5.10 Å². The van der Waals surface area contributed by atoms with Gasteiger partial charge in [-0.1, -0.05) is 18.2 Å². The molecule has 9 nitrogen and oxygen atoms in total. The number of tetrazole rings is 1. The predicted octanol–water partition coefficient (Wildman–Crippen LogP) is 2.28. The summed E-state index contributed by atoms with van der Waals surface area (Å²) in [6.07, 6.45) is 0.774. The second-order valence-corrected chi connectivity index (χ2v) is 8.21. The number of likely N-dealkylation sites (N-methyl/N-ethyl adjacent to an activating group) is 1. The van der Waals surface area contributed by atoms with E-state index < -0.39 is 0 Å². The van der Waals surface area contributed by atoms with Gasteiger partial charge >= 0.3 is 0 Å². The standard InChI is InChI=1S/C24H32N6O3/c1-28-13-15-29(16-14-28)23(19-6-8-20(31-2)9-7-19)24-25-26-27-30(24)12-11-18-5-10-21(32-3)22(17-18)33-4/h5-10,17,23H,11-16H2,1-4H3. The zero-order valence-electron chi connectivity index (χ0n) is 19.8. The van der Waals surface area contributed by atoms with Gasteiger partial charge in [0.25, 0.3) is 0 Å². The Morgan fingerprint density at radius 1 is 0.879 bits per heavy atom. The highest BCUT2D eigenvalue weighted by Crippen LogP contribution is 2.30. The lowest BCUT2D eigenvalue weighted by Crippen LogP contribution is -2.46. The number of nitrogens with zero attached hydrogens (tertiary/aromatic N) is 6. The van der Waals surface area contributed by atoms with Crippen molar-refractivity contribution >= 4 is 0 Å². The number of hydrogen-bond donors (Lipinski definition) is 0. The Kier molecular flexibility index (Phi) is 7.41. The molecule has 2 heterocycles. The summed E-state index contributed by atoms with van der Waals surface area (Å²) in [7, 11) is 7.13. The van der Waals surface area contributed by atoms with E-state index in [0.717, 1.165) is 66.8 Å². The van der Waals surface area contributed by atoms with Gasteiger partial charge in [0.2, 0.25) is 0 Å². The third-order valence-corrected chi connectivity index (χ3v) is 6.20. The lowest BCUT2D eigenvalue weighted by atomic mass is 10.0. The molecule has 1 atom stereocenters. The maximum atomic E-state index is 5.45. The maximum Gasteiger partial charge on any atom is 0.173 e. The summed E-state index contributed by atoms with van der Waals surface area (Å²) in [6.45, 7) is 4.60. The fourth-order valence-electron chi connectivity index (χ4n) is 4.23. The van der Waals surface area contributed by atoms with Crippen LogP contribution in [0.2, 0.25) is 0 Å². The number of methoxy groups -OCH3 is 3. The van der Waals surface area contributed by atoms with E-state index in [2.05, 4.69) is 44.5 Å². The quantitative estimate of drug-likeness (QED) is 0.489. The summed E-state index contributed by atoms with van der Waals surface area (Å²) in [5.74, 6) is 3.13. The molecule has 0 saturated carbocycles. The number of ether oxygens (including phenoxy) is 3. The molecule has 1 aromatic heterocycles. The zero-order valence-corrected chi connectivity index (χ0v) is 19.8. The van der Waals surface area contributed by atoms with Crippen LogP contribution in [0.5, 0.6) is 17.2 Å². The van der Waals surface area contributed by atoms with Gasteiger partial charge in [-0.3, -0.25) is 4.90 Å². The van der Waals surface area contributed by atoms with Crippen LogP contribution in [0.1, 0.15) is 23.0 Å². The molecule has 0 radical (unpaired) electrons. The molecule has 1 aliphatic rings. The lowest BCUT2D eigenvalue weighted by molar-refractivity contribution is 0.121. The Morgan fingerprint density at radius 2 is 1.61 bits per heavy atom. The number of rotatable bonds is 9. The summed E-state index contributed by atoms with van der Waals surface area (Å²) >= 11 is 0. The van der Waals surface area contributed by atoms with E-state index in [9.17, 15) is 0 Å². The minimum atomic E-state index is -0.0231. The average molecular weight is 453 g/mol. The Labute approximate surface area is 194 Å². The fourth-order valence-corrected chi connectivity index (χ4v) is 4.23. The molecule has 4 rings (SSSR count). The number of aromatic nitrogens is 4. The summed E-state index contributed by atoms with van der Waals surface area (Å²) in [5, 5.41) is 12.9. The van der Waals surface area contributed by atoms with E-state index in [1.807, 2.05) is 35.0 Å². The van der Waals surface area contributed by atoms with E-state index in [1.165, 1.54) is 0 Å². The van der Waals surface area contributed by atoms with Gasteiger partial charge in [-0.2, -0.15) is 0 Å². The Hall–Kier alpha value is -3.17. The maximum absolute atomic E-state index is 5.45. The average Bonchev–Trinajstić information content (AvgIpc) is 3.32. The number of piperazine rings is 1. The van der Waals surface area contributed by atoms with Crippen LogP contribution < -0.4 is 14.2 Å². The van der Waals surface area contributed by atoms with Crippen molar-refractivity contribution in [3.8, 4) is 17.2 Å². The van der Waals surface area contributed by atoms with Crippen molar-refractivity contribution in [3.63, 3.8) is 0 Å². The van der Waals surface area contributed by atoms with E-state index in [-0.39, 0.29) is 6.04 Å². The summed E-state index contributed by atoms with van der Waals surface area (Å²) < 4.78 is 18.1. The van der Waals surface area contributed by atoms with Crippen molar-refractivity contribution in [2.75, 3.05) is 54.6 Å². The van der Waals surface area contributed by atoms with Crippen molar-refractivity contribution in [2.45, 2.75) is 19.0 Å². The highest BCUT2D eigenvalue weighted by atomic mass is 16.5. The minimum Gasteiger partial charge on any atom is -0.497 e. The molecule has 0 bridgehead atoms. The molecular formula is C24H32N6O3. The van der Waals surface area contributed by atoms with Crippen molar-refractivity contribution in [3.05, 3.63) is 59.4 Å². The van der Waals surface area contributed by atoms with Crippen molar-refractivity contribution < 1.29 is 14.2 Å². The van der Waals surface area contributed by atoms with Gasteiger partial charge in [0.05, 0.1) is 27.4 Å². The van der Waals surface area contributed by atoms with E-state index in [1.54, 1.807) is 21.3 Å². The minimum absolute atomic E-state index is 0.0231. The molecule has 33 heavy (non-hydrogen) atoms. The predicted molar refractivity (Wildman–Crippen MR) is 125 cm³/mol. The smallest absolute Gasteiger partial charge is 0.173 e. The van der Waals surface area contributed by atoms with Crippen LogP contribution in [0.4, 0.5) is 0 Å². The molecule has 1 saturated heterocycles. The largest absolute Gasteiger partial charge is 0.497 e. The van der Waals surface area contributed by atoms with Crippen LogP contribution >= 0.6 is 0 Å². The number of hydrogen-bond acceptors (Lipinski definition) is 8. The molecule has 1 fully saturated rings. The second kappa shape index (κ2) is 10.6. The third-order valence-electron chi connectivity index (χ3n) is 6.20. The van der Waals surface area contributed by atoms with Crippen LogP contribution in [-0.2, 0) is 13.0 Å². The Balaban J connectivity index is 1.59. The van der Waals surface area contributed by atoms with E-state index in [4.69, 9.17) is 14.2 Å². The Morgan fingerprint density at radius 3 is 2.27 bits per heavy atom. The summed E-state index contributed by atoms with van der Waals surface area (Å²) in [5.41, 5.74) is 2.29. The van der Waals surface area contributed by atoms with Crippen LogP contribution in [0.25, 0.3) is 0 Å². The molecule has 1 unspecified atom stereocenters. The van der Waals surface area contributed by atoms with E-state index in [0.29, 0.717) is 6.54 Å². The number of benzene rings is 2. The normalized spacial score (nSPS) is 15.9. The monoisotopic (exact) mass is 452 g/mol. The molecular weight excluding hydrogens is 420 g/mol. The van der Waals surface area contributed by atoms with Crippen molar-refractivity contribution in [2.24, 2.45) is 0 Å². The third kappa shape index (κ3) is 5.26. The first-order valence-electron chi connectivity index (χ1n) is 11.2. The van der Waals surface area contributed by atoms with Crippen molar-refractivity contribution in [1.29, 1.82) is 0 Å². The molecule has 0 aliphatic carbocycles. The van der Waals surface area contributed by atoms with Crippen LogP contribution in [0.15, 0.2) is 42.5 Å². The van der Waals surface area contributed by atoms with Gasteiger partial charge in [0.15, 0.2) is 17.3 Å². The Bertz CT molecular complexity index is 1030. The van der Waals surface area contributed by atoms with Gasteiger partial charge in [-0.05, 0) is 59.3 Å². The summed E-state index contributed by atoms with van der Waals surface area (Å²) in [4.78, 5) is 4.81. The van der Waals surface area contributed by atoms with Gasteiger partial charge < -0.3 is 19.1 Å². The molecule has 9 heteroatoms. The fraction of sp³-hybridized carbons (Fsp3) is 0.458. The first kappa shape index (κ1) is 23.0. The highest BCUT2D eigenvalue weighted by Gasteiger charge is 2.30. The highest BCUT2D eigenvalue weighted by molar-refractivity contribution is 5.43. The first-order valence-corrected chi connectivity index (χ1v) is 11.2. The van der Waals surface area contributed by atoms with Gasteiger partial charge in [0.1, 0.15) is 5.75 Å². The summed E-state index contributed by atoms with van der Waals surface area (Å²) in [6, 6.07) is 14.2. The van der Waals surface area contributed by atoms with Crippen LogP contribution in [0.3, 0.4) is 0 Å². The second-order valence-electron chi connectivity index (χ2n) is 8.21. The molecule has 0 spiro atoms. The molecule has 3 aromatic rings. The topological polar surface area (TPSA) is 77.8 Å². The number of aryl methyl sites for hydroxylation is 2. The molecule has 176 valence electrons. The van der Waals surface area contributed by atoms with Gasteiger partial charge in [-0.25, -0.2) is 4.68 Å². The molecule has 2 aromatic carbocycles. The molecule has 0 N–H and O–H groups in total. The van der Waals surface area contributed by atoms with Gasteiger partial charge in [0, 0.05) is 32.7 Å². The first-order chi connectivity index (χ1) is 16.1. The zero-order chi connectivity index (χ0) is 23.2. The van der Waals surface area contributed by atoms with Crippen LogP contribution in [0, 0.1) is 0 Å². The lowest BCUT2D eigenvalue weighted by Gasteiger charge is -2.37. The van der Waals surface area contributed by atoms with Crippen LogP contribution in [-0.4, -0.2) is 84.6 Å². The molecule has 1 aliphatic heterocycles. The SMILES string of the molecule is COc1ccc(C(c2nnnn2CCc2ccc(OC)c(OC)c2)N2CCN(C)CC2)cc1. The molecule has 0 amide bonds.